The van der Waals surface area contributed by atoms with E-state index in [9.17, 15) is 4.79 Å². The number of nitrogens with zero attached hydrogens (tertiary/aromatic N) is 4. The molecule has 0 bridgehead atoms. The fourth-order valence-electron chi connectivity index (χ4n) is 5.19. The van der Waals surface area contributed by atoms with Crippen molar-refractivity contribution >= 4 is 11.7 Å². The number of amides is 1. The zero-order chi connectivity index (χ0) is 25.3. The van der Waals surface area contributed by atoms with E-state index in [1.165, 1.54) is 6.42 Å². The molecule has 196 valence electrons. The van der Waals surface area contributed by atoms with Crippen molar-refractivity contribution in [2.24, 2.45) is 5.92 Å². The summed E-state index contributed by atoms with van der Waals surface area (Å²) in [5, 5.41) is 3.05. The van der Waals surface area contributed by atoms with Crippen LogP contribution >= 0.6 is 0 Å². The number of piperazine rings is 1. The van der Waals surface area contributed by atoms with Crippen LogP contribution in [0.15, 0.2) is 36.5 Å². The Morgan fingerprint density at radius 2 is 1.72 bits per heavy atom. The second-order valence-corrected chi connectivity index (χ2v) is 9.51. The van der Waals surface area contributed by atoms with Gasteiger partial charge in [-0.05, 0) is 43.5 Å². The lowest BCUT2D eigenvalue weighted by Crippen LogP contribution is -2.50. The molecule has 0 aliphatic carbocycles. The second-order valence-electron chi connectivity index (χ2n) is 9.51. The van der Waals surface area contributed by atoms with Gasteiger partial charge in [0.15, 0.2) is 11.5 Å². The Kier molecular flexibility index (Phi) is 9.24. The topological polar surface area (TPSA) is 79.4 Å². The van der Waals surface area contributed by atoms with E-state index in [1.54, 1.807) is 27.4 Å². The van der Waals surface area contributed by atoms with E-state index < -0.39 is 0 Å². The molecule has 2 fully saturated rings. The van der Waals surface area contributed by atoms with Gasteiger partial charge in [-0.3, -0.25) is 14.6 Å². The van der Waals surface area contributed by atoms with Crippen molar-refractivity contribution in [2.45, 2.75) is 19.4 Å². The molecule has 36 heavy (non-hydrogen) atoms. The number of ether oxygens (including phenoxy) is 3. The first-order chi connectivity index (χ1) is 17.6. The first-order valence-corrected chi connectivity index (χ1v) is 12.8. The number of carbonyl (C=O) groups is 1. The van der Waals surface area contributed by atoms with Gasteiger partial charge in [0.05, 0.1) is 27.9 Å². The quantitative estimate of drug-likeness (QED) is 0.536. The summed E-state index contributed by atoms with van der Waals surface area (Å²) < 4.78 is 16.2. The van der Waals surface area contributed by atoms with Gasteiger partial charge in [0.2, 0.25) is 5.91 Å². The number of aromatic nitrogens is 1. The van der Waals surface area contributed by atoms with Gasteiger partial charge in [-0.1, -0.05) is 6.07 Å². The maximum Gasteiger partial charge on any atom is 0.234 e. The molecule has 9 nitrogen and oxygen atoms in total. The van der Waals surface area contributed by atoms with E-state index in [-0.39, 0.29) is 5.91 Å². The van der Waals surface area contributed by atoms with Crippen molar-refractivity contribution in [2.75, 3.05) is 78.6 Å². The van der Waals surface area contributed by atoms with Crippen LogP contribution < -0.4 is 24.4 Å². The summed E-state index contributed by atoms with van der Waals surface area (Å²) in [5.41, 5.74) is 0.852. The standard InChI is InChI=1S/C27H39N5O4/c1-34-23-16-25(36-3)24(35-2)15-22(23)17-29-27(33)20-31-10-6-7-21(19-31)18-30-11-13-32(14-12-30)26-8-4-5-9-28-26/h4-5,8-9,15-16,21H,6-7,10-14,17-20H2,1-3H3,(H,29,33). The Morgan fingerprint density at radius 3 is 2.42 bits per heavy atom. The van der Waals surface area contributed by atoms with Crippen LogP contribution in [0.2, 0.25) is 0 Å². The van der Waals surface area contributed by atoms with Crippen LogP contribution in [0.25, 0.3) is 0 Å². The van der Waals surface area contributed by atoms with Crippen molar-refractivity contribution in [1.82, 2.24) is 20.1 Å². The van der Waals surface area contributed by atoms with Crippen molar-refractivity contribution in [3.8, 4) is 17.2 Å². The Labute approximate surface area is 214 Å². The predicted molar refractivity (Wildman–Crippen MR) is 140 cm³/mol. The molecule has 0 saturated carbocycles. The Hall–Kier alpha value is -3.04. The van der Waals surface area contributed by atoms with E-state index >= 15 is 0 Å². The third kappa shape index (κ3) is 6.79. The summed E-state index contributed by atoms with van der Waals surface area (Å²) >= 11 is 0. The molecule has 2 aromatic rings. The van der Waals surface area contributed by atoms with E-state index in [0.29, 0.717) is 36.3 Å². The van der Waals surface area contributed by atoms with Crippen LogP contribution in [0.4, 0.5) is 5.82 Å². The lowest BCUT2D eigenvalue weighted by Gasteiger charge is -2.39. The van der Waals surface area contributed by atoms with Gasteiger partial charge in [-0.15, -0.1) is 0 Å². The number of likely N-dealkylation sites (tertiary alicyclic amines) is 1. The van der Waals surface area contributed by atoms with Gasteiger partial charge >= 0.3 is 0 Å². The number of pyridine rings is 1. The summed E-state index contributed by atoms with van der Waals surface area (Å²) in [5.74, 6) is 3.56. The monoisotopic (exact) mass is 497 g/mol. The Balaban J connectivity index is 1.22. The van der Waals surface area contributed by atoms with Crippen LogP contribution in [-0.4, -0.2) is 94.4 Å². The van der Waals surface area contributed by atoms with E-state index in [2.05, 4.69) is 31.1 Å². The van der Waals surface area contributed by atoms with Crippen molar-refractivity contribution in [3.63, 3.8) is 0 Å². The number of methoxy groups -OCH3 is 3. The summed E-state index contributed by atoms with van der Waals surface area (Å²) in [6.45, 7) is 7.95. The largest absolute Gasteiger partial charge is 0.496 e. The molecule has 1 N–H and O–H groups in total. The van der Waals surface area contributed by atoms with Gasteiger partial charge in [-0.25, -0.2) is 4.98 Å². The van der Waals surface area contributed by atoms with Gasteiger partial charge in [0.1, 0.15) is 11.6 Å². The number of carbonyl (C=O) groups excluding carboxylic acids is 1. The minimum absolute atomic E-state index is 0.0245. The molecular formula is C27H39N5O4. The highest BCUT2D eigenvalue weighted by Crippen LogP contribution is 2.34. The first kappa shape index (κ1) is 26.0. The Morgan fingerprint density at radius 1 is 0.972 bits per heavy atom. The van der Waals surface area contributed by atoms with Crippen molar-refractivity contribution in [1.29, 1.82) is 0 Å². The average molecular weight is 498 g/mol. The molecule has 3 heterocycles. The van der Waals surface area contributed by atoms with Crippen LogP contribution in [0.1, 0.15) is 18.4 Å². The predicted octanol–water partition coefficient (Wildman–Crippen LogP) is 2.26. The fourth-order valence-corrected chi connectivity index (χ4v) is 5.19. The third-order valence-electron chi connectivity index (χ3n) is 7.09. The fraction of sp³-hybridized carbons (Fsp3) is 0.556. The smallest absolute Gasteiger partial charge is 0.234 e. The van der Waals surface area contributed by atoms with Crippen molar-refractivity contribution in [3.05, 3.63) is 42.1 Å². The number of rotatable bonds is 10. The van der Waals surface area contributed by atoms with Gasteiger partial charge in [-0.2, -0.15) is 0 Å². The highest BCUT2D eigenvalue weighted by Gasteiger charge is 2.26. The maximum absolute atomic E-state index is 12.8. The molecule has 0 radical (unpaired) electrons. The summed E-state index contributed by atoms with van der Waals surface area (Å²) in [7, 11) is 4.80. The highest BCUT2D eigenvalue weighted by atomic mass is 16.5. The van der Waals surface area contributed by atoms with Crippen molar-refractivity contribution < 1.29 is 19.0 Å². The number of hydrogen-bond donors (Lipinski definition) is 1. The first-order valence-electron chi connectivity index (χ1n) is 12.8. The van der Waals surface area contributed by atoms with Gasteiger partial charge in [0, 0.05) is 63.6 Å². The van der Waals surface area contributed by atoms with Crippen LogP contribution in [0.3, 0.4) is 0 Å². The lowest BCUT2D eigenvalue weighted by atomic mass is 9.97. The molecule has 1 atom stereocenters. The number of piperidine rings is 1. The van der Waals surface area contributed by atoms with Gasteiger partial charge in [0.25, 0.3) is 0 Å². The van der Waals surface area contributed by atoms with E-state index in [1.807, 2.05) is 24.4 Å². The molecule has 0 spiro atoms. The molecule has 1 aromatic heterocycles. The number of benzene rings is 1. The molecular weight excluding hydrogens is 458 g/mol. The molecule has 1 unspecified atom stereocenters. The average Bonchev–Trinajstić information content (AvgIpc) is 2.92. The molecule has 1 aromatic carbocycles. The zero-order valence-electron chi connectivity index (χ0n) is 21.7. The summed E-state index contributed by atoms with van der Waals surface area (Å²) in [4.78, 5) is 24.5. The van der Waals surface area contributed by atoms with Crippen LogP contribution in [-0.2, 0) is 11.3 Å². The molecule has 2 aliphatic rings. The minimum atomic E-state index is 0.0245. The minimum Gasteiger partial charge on any atom is -0.496 e. The number of anilines is 1. The van der Waals surface area contributed by atoms with Gasteiger partial charge < -0.3 is 24.4 Å². The number of nitrogens with one attached hydrogen (secondary N) is 1. The van der Waals surface area contributed by atoms with E-state index in [4.69, 9.17) is 14.2 Å². The highest BCUT2D eigenvalue weighted by molar-refractivity contribution is 5.78. The molecule has 2 aliphatic heterocycles. The van der Waals surface area contributed by atoms with Crippen LogP contribution in [0, 0.1) is 5.92 Å². The SMILES string of the molecule is COc1cc(OC)c(OC)cc1CNC(=O)CN1CCCC(CN2CCN(c3ccccn3)CC2)C1. The second kappa shape index (κ2) is 12.8. The summed E-state index contributed by atoms with van der Waals surface area (Å²) in [6, 6.07) is 9.73. The maximum atomic E-state index is 12.8. The molecule has 4 rings (SSSR count). The zero-order valence-corrected chi connectivity index (χ0v) is 21.7. The van der Waals surface area contributed by atoms with Crippen LogP contribution in [0.5, 0.6) is 17.2 Å². The molecule has 2 saturated heterocycles. The summed E-state index contributed by atoms with van der Waals surface area (Å²) in [6.07, 6.45) is 4.22. The third-order valence-corrected chi connectivity index (χ3v) is 7.09. The molecule has 1 amide bonds. The normalized spacial score (nSPS) is 19.1. The molecule has 9 heteroatoms. The van der Waals surface area contributed by atoms with E-state index in [0.717, 1.165) is 63.6 Å². The lowest BCUT2D eigenvalue weighted by molar-refractivity contribution is -0.122. The Bertz CT molecular complexity index is 982. The number of hydrogen-bond acceptors (Lipinski definition) is 8.